The standard InChI is InChI=1S/C23H21F4N5O2/c1-22(33,15-3-2-8-29-12-15)23(27,13-24)7-10-34-20-17(25)5-4-16(19(20)26)14-6-9-32-18(11-14)30-21(28)31-32/h2-6,8-9,11-12,33H,7,10,13H2,1H3,(H2,28,31). The third kappa shape index (κ3) is 4.14. The number of anilines is 1. The summed E-state index contributed by atoms with van der Waals surface area (Å²) in [6.45, 7) is -1.04. The predicted molar refractivity (Wildman–Crippen MR) is 116 cm³/mol. The summed E-state index contributed by atoms with van der Waals surface area (Å²) >= 11 is 0. The van der Waals surface area contributed by atoms with E-state index in [2.05, 4.69) is 15.1 Å². The smallest absolute Gasteiger partial charge is 0.240 e. The Morgan fingerprint density at radius 3 is 2.71 bits per heavy atom. The zero-order chi connectivity index (χ0) is 24.5. The lowest BCUT2D eigenvalue weighted by molar-refractivity contribution is -0.116. The largest absolute Gasteiger partial charge is 0.487 e. The maximum Gasteiger partial charge on any atom is 0.240 e. The summed E-state index contributed by atoms with van der Waals surface area (Å²) in [4.78, 5) is 7.81. The first kappa shape index (κ1) is 23.4. The van der Waals surface area contributed by atoms with Crippen LogP contribution in [0.5, 0.6) is 5.75 Å². The number of aromatic nitrogens is 4. The second kappa shape index (κ2) is 8.90. The fraction of sp³-hybridized carbons (Fsp3) is 0.261. The first-order chi connectivity index (χ1) is 16.2. The van der Waals surface area contributed by atoms with Crippen LogP contribution in [0.4, 0.5) is 23.5 Å². The first-order valence-corrected chi connectivity index (χ1v) is 10.3. The van der Waals surface area contributed by atoms with Gasteiger partial charge in [0.05, 0.1) is 6.61 Å². The van der Waals surface area contributed by atoms with Crippen LogP contribution in [-0.2, 0) is 5.60 Å². The molecule has 0 amide bonds. The Balaban J connectivity index is 1.57. The van der Waals surface area contributed by atoms with E-state index in [-0.39, 0.29) is 17.1 Å². The minimum Gasteiger partial charge on any atom is -0.487 e. The van der Waals surface area contributed by atoms with Crippen LogP contribution in [0.2, 0.25) is 0 Å². The van der Waals surface area contributed by atoms with Crippen LogP contribution >= 0.6 is 0 Å². The van der Waals surface area contributed by atoms with Crippen molar-refractivity contribution in [1.29, 1.82) is 0 Å². The van der Waals surface area contributed by atoms with Crippen molar-refractivity contribution in [2.45, 2.75) is 24.6 Å². The number of rotatable bonds is 8. The Bertz CT molecular complexity index is 1320. The van der Waals surface area contributed by atoms with E-state index in [1.807, 2.05) is 0 Å². The highest BCUT2D eigenvalue weighted by molar-refractivity contribution is 5.69. The van der Waals surface area contributed by atoms with Gasteiger partial charge in [0.2, 0.25) is 5.95 Å². The lowest BCUT2D eigenvalue weighted by Crippen LogP contribution is -2.49. The Labute approximate surface area is 191 Å². The van der Waals surface area contributed by atoms with Gasteiger partial charge >= 0.3 is 0 Å². The van der Waals surface area contributed by atoms with Gasteiger partial charge in [-0.2, -0.15) is 4.98 Å². The maximum absolute atomic E-state index is 15.4. The zero-order valence-electron chi connectivity index (χ0n) is 18.1. The van der Waals surface area contributed by atoms with Crippen LogP contribution in [-0.4, -0.2) is 43.6 Å². The molecule has 0 bridgehead atoms. The van der Waals surface area contributed by atoms with E-state index in [1.54, 1.807) is 0 Å². The van der Waals surface area contributed by atoms with Crippen LogP contribution in [0, 0.1) is 11.6 Å². The number of pyridine rings is 2. The summed E-state index contributed by atoms with van der Waals surface area (Å²) in [5, 5.41) is 14.6. The van der Waals surface area contributed by atoms with Gasteiger partial charge in [0, 0.05) is 36.1 Å². The molecule has 2 unspecified atom stereocenters. The topological polar surface area (TPSA) is 98.6 Å². The molecule has 178 valence electrons. The van der Waals surface area contributed by atoms with E-state index in [9.17, 15) is 13.9 Å². The van der Waals surface area contributed by atoms with Gasteiger partial charge in [-0.15, -0.1) is 5.10 Å². The molecule has 0 fully saturated rings. The molecule has 0 aliphatic rings. The molecule has 3 N–H and O–H groups in total. The normalized spacial score (nSPS) is 15.1. The third-order valence-corrected chi connectivity index (χ3v) is 5.77. The van der Waals surface area contributed by atoms with Crippen molar-refractivity contribution >= 4 is 11.6 Å². The summed E-state index contributed by atoms with van der Waals surface area (Å²) < 4.78 is 65.3. The molecule has 11 heteroatoms. The highest BCUT2D eigenvalue weighted by atomic mass is 19.2. The number of hydrogen-bond acceptors (Lipinski definition) is 6. The summed E-state index contributed by atoms with van der Waals surface area (Å²) in [7, 11) is 0. The third-order valence-electron chi connectivity index (χ3n) is 5.77. The van der Waals surface area contributed by atoms with E-state index >= 15 is 8.78 Å². The minimum atomic E-state index is -2.79. The molecule has 2 atom stereocenters. The van der Waals surface area contributed by atoms with Crippen molar-refractivity contribution in [3.63, 3.8) is 0 Å². The van der Waals surface area contributed by atoms with Gasteiger partial charge in [0.1, 0.15) is 12.3 Å². The molecule has 1 aromatic carbocycles. The maximum atomic E-state index is 15.4. The molecule has 4 aromatic rings. The Hall–Kier alpha value is -3.73. The average molecular weight is 475 g/mol. The van der Waals surface area contributed by atoms with Gasteiger partial charge in [-0.1, -0.05) is 6.07 Å². The number of alkyl halides is 2. The second-order valence-electron chi connectivity index (χ2n) is 7.94. The van der Waals surface area contributed by atoms with Gasteiger partial charge in [-0.05, 0) is 42.8 Å². The molecule has 0 aliphatic carbocycles. The van der Waals surface area contributed by atoms with Gasteiger partial charge in [0.25, 0.3) is 0 Å². The van der Waals surface area contributed by atoms with Crippen molar-refractivity contribution in [3.05, 3.63) is 72.2 Å². The Morgan fingerprint density at radius 1 is 1.21 bits per heavy atom. The molecule has 0 spiro atoms. The van der Waals surface area contributed by atoms with Crippen molar-refractivity contribution in [2.24, 2.45) is 0 Å². The zero-order valence-corrected chi connectivity index (χ0v) is 18.1. The fourth-order valence-electron chi connectivity index (χ4n) is 3.62. The number of benzene rings is 1. The number of nitrogens with two attached hydrogens (primary N) is 1. The number of aliphatic hydroxyl groups is 1. The molecular formula is C23H21F4N5O2. The summed E-state index contributed by atoms with van der Waals surface area (Å²) in [6.07, 6.45) is 3.47. The molecule has 7 nitrogen and oxygen atoms in total. The second-order valence-corrected chi connectivity index (χ2v) is 7.94. The minimum absolute atomic E-state index is 0.000156. The van der Waals surface area contributed by atoms with Crippen molar-refractivity contribution < 1.29 is 27.4 Å². The van der Waals surface area contributed by atoms with Gasteiger partial charge in [0.15, 0.2) is 28.7 Å². The Kier molecular flexibility index (Phi) is 6.13. The quantitative estimate of drug-likeness (QED) is 0.374. The highest BCUT2D eigenvalue weighted by Crippen LogP contribution is 2.39. The predicted octanol–water partition coefficient (Wildman–Crippen LogP) is 4.01. The van der Waals surface area contributed by atoms with Crippen LogP contribution in [0.25, 0.3) is 16.8 Å². The Morgan fingerprint density at radius 2 is 2.00 bits per heavy atom. The molecule has 34 heavy (non-hydrogen) atoms. The molecule has 0 saturated heterocycles. The fourth-order valence-corrected chi connectivity index (χ4v) is 3.62. The SMILES string of the molecule is CC(O)(c1cccnc1)C(F)(CF)CCOc1c(F)ccc(-c2ccn3nc(N)nc3c2)c1F. The van der Waals surface area contributed by atoms with E-state index in [4.69, 9.17) is 10.5 Å². The van der Waals surface area contributed by atoms with Crippen LogP contribution < -0.4 is 10.5 Å². The van der Waals surface area contributed by atoms with E-state index in [0.717, 1.165) is 13.0 Å². The van der Waals surface area contributed by atoms with Gasteiger partial charge < -0.3 is 15.6 Å². The van der Waals surface area contributed by atoms with E-state index in [0.29, 0.717) is 11.2 Å². The molecule has 0 saturated carbocycles. The number of nitrogen functional groups attached to an aromatic ring is 1. The van der Waals surface area contributed by atoms with Crippen molar-refractivity contribution in [1.82, 2.24) is 19.6 Å². The monoisotopic (exact) mass is 475 g/mol. The molecule has 3 heterocycles. The van der Waals surface area contributed by atoms with Crippen molar-refractivity contribution in [2.75, 3.05) is 19.0 Å². The molecule has 0 aliphatic heterocycles. The molecule has 4 rings (SSSR count). The van der Waals surface area contributed by atoms with Gasteiger partial charge in [-0.25, -0.2) is 22.1 Å². The number of nitrogens with zero attached hydrogens (tertiary/aromatic N) is 4. The molecule has 0 radical (unpaired) electrons. The lowest BCUT2D eigenvalue weighted by atomic mass is 9.80. The van der Waals surface area contributed by atoms with Crippen LogP contribution in [0.15, 0.2) is 55.0 Å². The summed E-state index contributed by atoms with van der Waals surface area (Å²) in [5.74, 6) is -2.76. The summed E-state index contributed by atoms with van der Waals surface area (Å²) in [6, 6.07) is 8.13. The first-order valence-electron chi connectivity index (χ1n) is 10.3. The van der Waals surface area contributed by atoms with E-state index in [1.165, 1.54) is 53.4 Å². The number of halogens is 4. The molecule has 3 aromatic heterocycles. The van der Waals surface area contributed by atoms with Crippen LogP contribution in [0.3, 0.4) is 0 Å². The van der Waals surface area contributed by atoms with Crippen LogP contribution in [0.1, 0.15) is 18.9 Å². The lowest BCUT2D eigenvalue weighted by Gasteiger charge is -2.37. The van der Waals surface area contributed by atoms with Gasteiger partial charge in [-0.3, -0.25) is 4.98 Å². The van der Waals surface area contributed by atoms with Crippen molar-refractivity contribution in [3.8, 4) is 16.9 Å². The number of ether oxygens (including phenoxy) is 1. The number of hydrogen-bond donors (Lipinski definition) is 2. The number of fused-ring (bicyclic) bond motifs is 1. The molecular weight excluding hydrogens is 454 g/mol. The van der Waals surface area contributed by atoms with E-state index < -0.39 is 48.4 Å². The highest BCUT2D eigenvalue weighted by Gasteiger charge is 2.49. The summed E-state index contributed by atoms with van der Waals surface area (Å²) in [5.41, 5.74) is 1.27. The average Bonchev–Trinajstić information content (AvgIpc) is 3.20.